The van der Waals surface area contributed by atoms with Crippen molar-refractivity contribution in [3.8, 4) is 11.5 Å². The van der Waals surface area contributed by atoms with Gasteiger partial charge < -0.3 is 14.8 Å². The van der Waals surface area contributed by atoms with Crippen molar-refractivity contribution >= 4 is 35.1 Å². The summed E-state index contributed by atoms with van der Waals surface area (Å²) in [5, 5.41) is 7.12. The van der Waals surface area contributed by atoms with Crippen molar-refractivity contribution in [1.82, 2.24) is 10.7 Å². The average molecular weight is 379 g/mol. The monoisotopic (exact) mass is 378 g/mol. The second-order valence-corrected chi connectivity index (χ2v) is 5.88. The zero-order chi connectivity index (χ0) is 18.1. The van der Waals surface area contributed by atoms with Gasteiger partial charge in [-0.25, -0.2) is 0 Å². The summed E-state index contributed by atoms with van der Waals surface area (Å²) in [5.41, 5.74) is 4.70. The number of nitrogens with one attached hydrogen (secondary N) is 3. The third-order valence-corrected chi connectivity index (χ3v) is 3.91. The van der Waals surface area contributed by atoms with Gasteiger partial charge in [-0.3, -0.25) is 0 Å². The minimum Gasteiger partial charge on any atom is -0.493 e. The van der Waals surface area contributed by atoms with Crippen molar-refractivity contribution in [2.45, 2.75) is 13.5 Å². The summed E-state index contributed by atoms with van der Waals surface area (Å²) in [4.78, 5) is 0. The molecule has 2 rings (SSSR count). The third-order valence-electron chi connectivity index (χ3n) is 3.29. The second kappa shape index (κ2) is 9.86. The van der Waals surface area contributed by atoms with Gasteiger partial charge in [-0.1, -0.05) is 29.8 Å². The standard InChI is InChI=1S/C18H20ClN3O2S/c1-3-20-18(25)22-21-11-13-8-9-16(17(10-13)23-2)24-12-14-6-4-5-7-15(14)19/h4-11H,3,12H2,1-2H3,(H2,20,22,25)/p+1. The Morgan fingerprint density at radius 3 is 2.76 bits per heavy atom. The maximum atomic E-state index is 6.15. The molecule has 0 radical (unpaired) electrons. The maximum absolute atomic E-state index is 6.15. The van der Waals surface area contributed by atoms with Crippen LogP contribution in [0.4, 0.5) is 0 Å². The maximum Gasteiger partial charge on any atom is 0.223 e. The van der Waals surface area contributed by atoms with Gasteiger partial charge in [0.15, 0.2) is 17.7 Å². The molecule has 2 aromatic rings. The van der Waals surface area contributed by atoms with Crippen LogP contribution in [0.1, 0.15) is 18.1 Å². The fourth-order valence-corrected chi connectivity index (χ4v) is 2.45. The first-order chi connectivity index (χ1) is 12.1. The number of hydrazine groups is 1. The summed E-state index contributed by atoms with van der Waals surface area (Å²) in [6.45, 7) is 3.11. The van der Waals surface area contributed by atoms with E-state index in [1.54, 1.807) is 13.3 Å². The first-order valence-corrected chi connectivity index (χ1v) is 8.59. The minimum atomic E-state index is 0.371. The lowest BCUT2D eigenvalue weighted by atomic mass is 10.2. The fraction of sp³-hybridized carbons (Fsp3) is 0.222. The highest BCUT2D eigenvalue weighted by molar-refractivity contribution is 7.80. The molecule has 7 heteroatoms. The van der Waals surface area contributed by atoms with E-state index in [4.69, 9.17) is 33.3 Å². The summed E-state index contributed by atoms with van der Waals surface area (Å²) in [7, 11) is 1.60. The highest BCUT2D eigenvalue weighted by Crippen LogP contribution is 2.29. The Morgan fingerprint density at radius 2 is 2.04 bits per heavy atom. The van der Waals surface area contributed by atoms with Gasteiger partial charge in [-0.2, -0.15) is 0 Å². The first kappa shape index (κ1) is 19.0. The number of benzene rings is 2. The second-order valence-electron chi connectivity index (χ2n) is 5.06. The van der Waals surface area contributed by atoms with Crippen molar-refractivity contribution in [1.29, 1.82) is 0 Å². The van der Waals surface area contributed by atoms with Crippen LogP contribution >= 0.6 is 23.8 Å². The number of hydrogen-bond donors (Lipinski definition) is 3. The summed E-state index contributed by atoms with van der Waals surface area (Å²) >= 11 is 11.2. The summed E-state index contributed by atoms with van der Waals surface area (Å²) in [6, 6.07) is 13.2. The Morgan fingerprint density at radius 1 is 1.24 bits per heavy atom. The summed E-state index contributed by atoms with van der Waals surface area (Å²) in [6.07, 6.45) is 1.78. The molecule has 0 amide bonds. The lowest BCUT2D eigenvalue weighted by Gasteiger charge is -2.11. The van der Waals surface area contributed by atoms with Crippen molar-refractivity contribution < 1.29 is 14.6 Å². The molecule has 0 saturated heterocycles. The molecule has 132 valence electrons. The largest absolute Gasteiger partial charge is 0.493 e. The number of hydrazone groups is 1. The Labute approximate surface area is 158 Å². The lowest BCUT2D eigenvalue weighted by Crippen LogP contribution is -2.82. The number of hydrogen-bond acceptors (Lipinski definition) is 3. The Kier molecular flexibility index (Phi) is 7.50. The van der Waals surface area contributed by atoms with Crippen molar-refractivity contribution in [2.75, 3.05) is 13.7 Å². The van der Waals surface area contributed by atoms with Crippen LogP contribution in [0.15, 0.2) is 42.5 Å². The molecule has 25 heavy (non-hydrogen) atoms. The molecule has 3 N–H and O–H groups in total. The molecule has 5 nitrogen and oxygen atoms in total. The van der Waals surface area contributed by atoms with Gasteiger partial charge in [-0.15, -0.1) is 10.5 Å². The van der Waals surface area contributed by atoms with Crippen LogP contribution in [-0.4, -0.2) is 25.0 Å². The van der Waals surface area contributed by atoms with E-state index in [0.717, 1.165) is 17.7 Å². The molecule has 0 saturated carbocycles. The van der Waals surface area contributed by atoms with Gasteiger partial charge >= 0.3 is 0 Å². The van der Waals surface area contributed by atoms with Gasteiger partial charge in [0.2, 0.25) is 5.11 Å². The average Bonchev–Trinajstić information content (AvgIpc) is 2.62. The quantitative estimate of drug-likeness (QED) is 0.390. The van der Waals surface area contributed by atoms with Gasteiger partial charge in [0.1, 0.15) is 6.61 Å². The number of thiocarbonyl (C=S) groups is 1. The molecule has 2 aromatic carbocycles. The van der Waals surface area contributed by atoms with E-state index in [0.29, 0.717) is 28.2 Å². The molecule has 0 aromatic heterocycles. The Balaban J connectivity index is 2.02. The summed E-state index contributed by atoms with van der Waals surface area (Å²) in [5.74, 6) is 1.28. The number of ether oxygens (including phenoxy) is 2. The predicted octanol–water partition coefficient (Wildman–Crippen LogP) is 1.83. The lowest BCUT2D eigenvalue weighted by molar-refractivity contribution is -0.500. The smallest absolute Gasteiger partial charge is 0.223 e. The van der Waals surface area contributed by atoms with Gasteiger partial charge in [0.25, 0.3) is 0 Å². The zero-order valence-corrected chi connectivity index (χ0v) is 15.7. The zero-order valence-electron chi connectivity index (χ0n) is 14.1. The van der Waals surface area contributed by atoms with E-state index in [-0.39, 0.29) is 0 Å². The van der Waals surface area contributed by atoms with E-state index in [1.807, 2.05) is 49.4 Å². The van der Waals surface area contributed by atoms with Crippen LogP contribution in [0.2, 0.25) is 5.02 Å². The fourth-order valence-electron chi connectivity index (χ4n) is 2.05. The van der Waals surface area contributed by atoms with E-state index in [2.05, 4.69) is 15.8 Å². The molecule has 0 aliphatic rings. The molecule has 0 atom stereocenters. The number of rotatable bonds is 7. The van der Waals surface area contributed by atoms with Gasteiger partial charge in [-0.05, 0) is 43.4 Å². The third kappa shape index (κ3) is 5.92. The van der Waals surface area contributed by atoms with Crippen LogP contribution in [-0.2, 0) is 6.61 Å². The molecule has 0 aliphatic carbocycles. The molecule has 0 aliphatic heterocycles. The van der Waals surface area contributed by atoms with Crippen LogP contribution in [0, 0.1) is 0 Å². The van der Waals surface area contributed by atoms with E-state index in [1.165, 1.54) is 0 Å². The van der Waals surface area contributed by atoms with Gasteiger partial charge in [0.05, 0.1) is 7.11 Å². The molecule has 0 spiro atoms. The number of methoxy groups -OCH3 is 1. The highest BCUT2D eigenvalue weighted by atomic mass is 35.5. The van der Waals surface area contributed by atoms with E-state index < -0.39 is 0 Å². The molecule has 0 bridgehead atoms. The molecular weight excluding hydrogens is 358 g/mol. The predicted molar refractivity (Wildman–Crippen MR) is 104 cm³/mol. The molecule has 0 heterocycles. The topological polar surface area (TPSA) is 56.5 Å². The minimum absolute atomic E-state index is 0.371. The van der Waals surface area contributed by atoms with Crippen molar-refractivity contribution in [2.24, 2.45) is 0 Å². The van der Waals surface area contributed by atoms with Crippen molar-refractivity contribution in [3.05, 3.63) is 58.6 Å². The van der Waals surface area contributed by atoms with E-state index in [9.17, 15) is 0 Å². The highest BCUT2D eigenvalue weighted by Gasteiger charge is 2.08. The molecule has 0 unspecified atom stereocenters. The Hall–Kier alpha value is -2.31. The molecule has 0 fully saturated rings. The van der Waals surface area contributed by atoms with Crippen LogP contribution in [0.25, 0.3) is 0 Å². The van der Waals surface area contributed by atoms with Crippen LogP contribution < -0.4 is 25.3 Å². The molecular formula is C18H21ClN3O2S+. The first-order valence-electron chi connectivity index (χ1n) is 7.81. The normalized spacial score (nSPS) is 10.5. The van der Waals surface area contributed by atoms with E-state index >= 15 is 0 Å². The Bertz CT molecular complexity index is 753. The van der Waals surface area contributed by atoms with Crippen LogP contribution in [0.5, 0.6) is 11.5 Å². The van der Waals surface area contributed by atoms with Crippen LogP contribution in [0.3, 0.4) is 0 Å². The van der Waals surface area contributed by atoms with Gasteiger partial charge in [0, 0.05) is 22.7 Å². The number of halogens is 1. The summed E-state index contributed by atoms with van der Waals surface area (Å²) < 4.78 is 11.2. The van der Waals surface area contributed by atoms with Crippen molar-refractivity contribution in [3.63, 3.8) is 0 Å². The SMILES string of the molecule is CCNC(=S)N[NH+]=Cc1ccc(OCc2ccccc2Cl)c(OC)c1.